The molecule has 0 saturated heterocycles. The Hall–Kier alpha value is -0.480. The van der Waals surface area contributed by atoms with Crippen LogP contribution in [0.5, 0.6) is 0 Å². The van der Waals surface area contributed by atoms with E-state index < -0.39 is 0 Å². The van der Waals surface area contributed by atoms with Gasteiger partial charge in [-0.25, -0.2) is 9.97 Å². The fourth-order valence-corrected chi connectivity index (χ4v) is 1.63. The van der Waals surface area contributed by atoms with Gasteiger partial charge in [0.25, 0.3) is 0 Å². The maximum absolute atomic E-state index is 8.81. The van der Waals surface area contributed by atoms with E-state index in [1.165, 1.54) is 12.8 Å². The number of halogens is 1. The molecule has 1 aliphatic carbocycles. The molecule has 0 aromatic carbocycles. The molecular weight excluding hydrogens is 232 g/mol. The minimum Gasteiger partial charge on any atom is -0.396 e. The second-order valence-corrected chi connectivity index (χ2v) is 4.13. The number of aliphatic hydroxyl groups is 1. The maximum Gasteiger partial charge on any atom is 0.131 e. The second kappa shape index (κ2) is 3.72. The average molecular weight is 243 g/mol. The highest BCUT2D eigenvalue weighted by Gasteiger charge is 2.26. The highest BCUT2D eigenvalue weighted by Crippen LogP contribution is 2.38. The molecular formula is C9H11BrN2O. The van der Waals surface area contributed by atoms with E-state index >= 15 is 0 Å². The second-order valence-electron chi connectivity index (χ2n) is 3.27. The van der Waals surface area contributed by atoms with Gasteiger partial charge in [0.05, 0.1) is 10.2 Å². The molecule has 1 aromatic heterocycles. The molecule has 1 fully saturated rings. The molecule has 2 rings (SSSR count). The third-order valence-corrected chi connectivity index (χ3v) is 2.79. The summed E-state index contributed by atoms with van der Waals surface area (Å²) in [7, 11) is 0. The molecule has 0 spiro atoms. The average Bonchev–Trinajstić information content (AvgIpc) is 2.92. The molecule has 0 radical (unpaired) electrons. The molecule has 13 heavy (non-hydrogen) atoms. The highest BCUT2D eigenvalue weighted by molar-refractivity contribution is 9.10. The Bertz CT molecular complexity index is 312. The van der Waals surface area contributed by atoms with Crippen LogP contribution in [-0.4, -0.2) is 21.7 Å². The Morgan fingerprint density at radius 1 is 1.54 bits per heavy atom. The summed E-state index contributed by atoms with van der Waals surface area (Å²) in [6.45, 7) is 0.139. The quantitative estimate of drug-likeness (QED) is 0.877. The van der Waals surface area contributed by atoms with Crippen LogP contribution < -0.4 is 0 Å². The van der Waals surface area contributed by atoms with Gasteiger partial charge in [0, 0.05) is 25.1 Å². The summed E-state index contributed by atoms with van der Waals surface area (Å²) in [5.74, 6) is 1.51. The number of aromatic nitrogens is 2. The first kappa shape index (κ1) is 9.09. The highest BCUT2D eigenvalue weighted by atomic mass is 79.9. The first-order valence-electron chi connectivity index (χ1n) is 4.43. The van der Waals surface area contributed by atoms with Crippen LogP contribution in [0.1, 0.15) is 30.3 Å². The number of hydrogen-bond acceptors (Lipinski definition) is 3. The fraction of sp³-hybridized carbons (Fsp3) is 0.556. The number of aliphatic hydroxyl groups excluding tert-OH is 1. The van der Waals surface area contributed by atoms with E-state index in [4.69, 9.17) is 5.11 Å². The van der Waals surface area contributed by atoms with Crippen LogP contribution >= 0.6 is 15.9 Å². The zero-order valence-corrected chi connectivity index (χ0v) is 8.79. The van der Waals surface area contributed by atoms with Gasteiger partial charge in [0.1, 0.15) is 5.82 Å². The van der Waals surface area contributed by atoms with Crippen molar-refractivity contribution in [3.8, 4) is 0 Å². The molecule has 0 amide bonds. The van der Waals surface area contributed by atoms with Gasteiger partial charge in [-0.1, -0.05) is 0 Å². The lowest BCUT2D eigenvalue weighted by molar-refractivity contribution is 0.297. The molecule has 0 unspecified atom stereocenters. The summed E-state index contributed by atoms with van der Waals surface area (Å²) in [6, 6.07) is 0. The van der Waals surface area contributed by atoms with Crippen molar-refractivity contribution in [1.82, 2.24) is 9.97 Å². The van der Waals surface area contributed by atoms with E-state index in [1.54, 1.807) is 6.20 Å². The Morgan fingerprint density at radius 3 is 2.92 bits per heavy atom. The van der Waals surface area contributed by atoms with E-state index in [0.29, 0.717) is 12.3 Å². The van der Waals surface area contributed by atoms with Crippen LogP contribution in [0.4, 0.5) is 0 Å². The van der Waals surface area contributed by atoms with Crippen LogP contribution in [0, 0.1) is 0 Å². The Balaban J connectivity index is 2.25. The lowest BCUT2D eigenvalue weighted by Gasteiger charge is -2.03. The van der Waals surface area contributed by atoms with Crippen molar-refractivity contribution < 1.29 is 5.11 Å². The van der Waals surface area contributed by atoms with E-state index in [0.717, 1.165) is 16.0 Å². The number of rotatable bonds is 3. The predicted molar refractivity (Wildman–Crippen MR) is 52.5 cm³/mol. The minimum absolute atomic E-state index is 0.139. The molecule has 3 nitrogen and oxygen atoms in total. The summed E-state index contributed by atoms with van der Waals surface area (Å²) < 4.78 is 0.894. The first-order chi connectivity index (χ1) is 6.31. The first-order valence-corrected chi connectivity index (χ1v) is 5.22. The van der Waals surface area contributed by atoms with Crippen LogP contribution in [-0.2, 0) is 6.42 Å². The molecule has 4 heteroatoms. The summed E-state index contributed by atoms with van der Waals surface area (Å²) in [5.41, 5.74) is 0.916. The van der Waals surface area contributed by atoms with E-state index in [-0.39, 0.29) is 6.61 Å². The van der Waals surface area contributed by atoms with Crippen LogP contribution in [0.25, 0.3) is 0 Å². The molecule has 1 N–H and O–H groups in total. The molecule has 1 aliphatic rings. The Morgan fingerprint density at radius 2 is 2.31 bits per heavy atom. The van der Waals surface area contributed by atoms with Gasteiger partial charge in [-0.15, -0.1) is 0 Å². The van der Waals surface area contributed by atoms with Crippen molar-refractivity contribution in [3.63, 3.8) is 0 Å². The zero-order chi connectivity index (χ0) is 9.26. The van der Waals surface area contributed by atoms with Crippen molar-refractivity contribution in [2.75, 3.05) is 6.61 Å². The van der Waals surface area contributed by atoms with E-state index in [9.17, 15) is 0 Å². The summed E-state index contributed by atoms with van der Waals surface area (Å²) in [6.07, 6.45) is 4.80. The third kappa shape index (κ3) is 2.06. The summed E-state index contributed by atoms with van der Waals surface area (Å²) >= 11 is 3.36. The number of hydrogen-bond donors (Lipinski definition) is 1. The van der Waals surface area contributed by atoms with E-state index in [1.807, 2.05) is 0 Å². The smallest absolute Gasteiger partial charge is 0.131 e. The molecule has 0 atom stereocenters. The topological polar surface area (TPSA) is 46.0 Å². The van der Waals surface area contributed by atoms with Crippen LogP contribution in [0.3, 0.4) is 0 Å². The largest absolute Gasteiger partial charge is 0.396 e. The lowest BCUT2D eigenvalue weighted by atomic mass is 10.3. The normalized spacial score (nSPS) is 16.2. The predicted octanol–water partition coefficient (Wildman–Crippen LogP) is 1.65. The minimum atomic E-state index is 0.139. The molecule has 1 heterocycles. The van der Waals surface area contributed by atoms with Crippen LogP contribution in [0.2, 0.25) is 0 Å². The van der Waals surface area contributed by atoms with Crippen LogP contribution in [0.15, 0.2) is 10.7 Å². The van der Waals surface area contributed by atoms with Gasteiger partial charge in [-0.2, -0.15) is 0 Å². The molecule has 0 aliphatic heterocycles. The van der Waals surface area contributed by atoms with Crippen molar-refractivity contribution in [2.24, 2.45) is 0 Å². The fourth-order valence-electron chi connectivity index (χ4n) is 1.24. The Labute approximate surface area is 85.4 Å². The lowest BCUT2D eigenvalue weighted by Crippen LogP contribution is -2.01. The van der Waals surface area contributed by atoms with E-state index in [2.05, 4.69) is 25.9 Å². The maximum atomic E-state index is 8.81. The third-order valence-electron chi connectivity index (χ3n) is 2.13. The van der Waals surface area contributed by atoms with Gasteiger partial charge in [0.15, 0.2) is 0 Å². The standard InChI is InChI=1S/C9H11BrN2O/c10-7-5-11-9(6-1-2-6)12-8(7)3-4-13/h5-6,13H,1-4H2. The zero-order valence-electron chi connectivity index (χ0n) is 7.20. The summed E-state index contributed by atoms with van der Waals surface area (Å²) in [5, 5.41) is 8.81. The monoisotopic (exact) mass is 242 g/mol. The molecule has 1 saturated carbocycles. The van der Waals surface area contributed by atoms with Gasteiger partial charge in [-0.05, 0) is 28.8 Å². The van der Waals surface area contributed by atoms with Crippen molar-refractivity contribution >= 4 is 15.9 Å². The summed E-state index contributed by atoms with van der Waals surface area (Å²) in [4.78, 5) is 8.65. The van der Waals surface area contributed by atoms with Gasteiger partial charge >= 0.3 is 0 Å². The number of nitrogens with zero attached hydrogens (tertiary/aromatic N) is 2. The SMILES string of the molecule is OCCc1nc(C2CC2)ncc1Br. The van der Waals surface area contributed by atoms with Crippen molar-refractivity contribution in [2.45, 2.75) is 25.2 Å². The van der Waals surface area contributed by atoms with Crippen molar-refractivity contribution in [3.05, 3.63) is 22.2 Å². The van der Waals surface area contributed by atoms with Gasteiger partial charge in [0.2, 0.25) is 0 Å². The Kier molecular flexibility index (Phi) is 2.60. The van der Waals surface area contributed by atoms with Gasteiger partial charge < -0.3 is 5.11 Å². The molecule has 1 aromatic rings. The molecule has 0 bridgehead atoms. The van der Waals surface area contributed by atoms with Crippen molar-refractivity contribution in [1.29, 1.82) is 0 Å². The van der Waals surface area contributed by atoms with Gasteiger partial charge in [-0.3, -0.25) is 0 Å². The molecule has 70 valence electrons.